The lowest BCUT2D eigenvalue weighted by molar-refractivity contribution is 0.230. The van der Waals surface area contributed by atoms with Crippen molar-refractivity contribution in [3.8, 4) is 0 Å². The highest BCUT2D eigenvalue weighted by Gasteiger charge is 2.46. The zero-order valence-corrected chi connectivity index (χ0v) is 8.00. The maximum Gasteiger partial charge on any atom is 0.0127 e. The van der Waals surface area contributed by atoms with E-state index in [1.807, 2.05) is 0 Å². The van der Waals surface area contributed by atoms with E-state index < -0.39 is 0 Å². The predicted molar refractivity (Wildman–Crippen MR) is 50.0 cm³/mol. The lowest BCUT2D eigenvalue weighted by atomic mass is 9.97. The van der Waals surface area contributed by atoms with Crippen LogP contribution in [0.25, 0.3) is 0 Å². The summed E-state index contributed by atoms with van der Waals surface area (Å²) in [6, 6.07) is 2.01. The van der Waals surface area contributed by atoms with E-state index in [1.54, 1.807) is 0 Å². The summed E-state index contributed by atoms with van der Waals surface area (Å²) in [6.45, 7) is 3.83. The van der Waals surface area contributed by atoms with Crippen molar-refractivity contribution in [2.75, 3.05) is 6.54 Å². The van der Waals surface area contributed by atoms with Gasteiger partial charge in [-0.15, -0.1) is 0 Å². The minimum atomic E-state index is 0.983. The van der Waals surface area contributed by atoms with Gasteiger partial charge in [0.15, 0.2) is 0 Å². The Morgan fingerprint density at radius 3 is 3.00 bits per heavy atom. The van der Waals surface area contributed by atoms with Crippen molar-refractivity contribution in [3.63, 3.8) is 0 Å². The van der Waals surface area contributed by atoms with Gasteiger partial charge in [-0.2, -0.15) is 0 Å². The van der Waals surface area contributed by atoms with E-state index in [9.17, 15) is 0 Å². The Morgan fingerprint density at radius 2 is 2.08 bits per heavy atom. The molecule has 1 aliphatic carbocycles. The van der Waals surface area contributed by atoms with Crippen LogP contribution in [0, 0.1) is 11.8 Å². The fourth-order valence-corrected chi connectivity index (χ4v) is 3.90. The zero-order chi connectivity index (χ0) is 8.13. The molecule has 12 heavy (non-hydrogen) atoms. The molecular formula is C11H19N. The van der Waals surface area contributed by atoms with Gasteiger partial charge in [-0.3, -0.25) is 4.90 Å². The van der Waals surface area contributed by atoms with Gasteiger partial charge >= 0.3 is 0 Å². The van der Waals surface area contributed by atoms with Crippen LogP contribution in [0.2, 0.25) is 0 Å². The standard InChI is InChI=1S/C11H19N/c1-8-5-10-6-9-3-2-4-11(9)12(10)7-8/h8-11H,2-7H2,1H3/t8-,9-,10-,11+/m1/s1. The molecule has 2 heterocycles. The summed E-state index contributed by atoms with van der Waals surface area (Å²) in [7, 11) is 0. The monoisotopic (exact) mass is 165 g/mol. The highest BCUT2D eigenvalue weighted by atomic mass is 15.2. The molecular weight excluding hydrogens is 146 g/mol. The molecule has 0 unspecified atom stereocenters. The van der Waals surface area contributed by atoms with Crippen LogP contribution in [0.4, 0.5) is 0 Å². The van der Waals surface area contributed by atoms with Gasteiger partial charge in [0.25, 0.3) is 0 Å². The molecule has 1 saturated carbocycles. The molecule has 0 radical (unpaired) electrons. The molecule has 0 N–H and O–H groups in total. The van der Waals surface area contributed by atoms with E-state index in [4.69, 9.17) is 0 Å². The van der Waals surface area contributed by atoms with Crippen molar-refractivity contribution in [3.05, 3.63) is 0 Å². The third-order valence-electron chi connectivity index (χ3n) is 4.29. The van der Waals surface area contributed by atoms with Gasteiger partial charge in [-0.05, 0) is 37.5 Å². The number of rotatable bonds is 0. The highest BCUT2D eigenvalue weighted by molar-refractivity contribution is 5.01. The predicted octanol–water partition coefficient (Wildman–Crippen LogP) is 2.27. The Balaban J connectivity index is 1.80. The maximum absolute atomic E-state index is 2.84. The molecule has 4 atom stereocenters. The van der Waals surface area contributed by atoms with Crippen LogP contribution < -0.4 is 0 Å². The van der Waals surface area contributed by atoms with E-state index in [1.165, 1.54) is 38.6 Å². The van der Waals surface area contributed by atoms with Gasteiger partial charge in [0, 0.05) is 18.6 Å². The quantitative estimate of drug-likeness (QED) is 0.532. The highest BCUT2D eigenvalue weighted by Crippen LogP contribution is 2.45. The van der Waals surface area contributed by atoms with Crippen molar-refractivity contribution in [1.29, 1.82) is 0 Å². The molecule has 3 rings (SSSR count). The first-order valence-electron chi connectivity index (χ1n) is 5.60. The first-order chi connectivity index (χ1) is 5.84. The summed E-state index contributed by atoms with van der Waals surface area (Å²) >= 11 is 0. The molecule has 68 valence electrons. The zero-order valence-electron chi connectivity index (χ0n) is 8.00. The molecule has 0 bridgehead atoms. The summed E-state index contributed by atoms with van der Waals surface area (Å²) in [5.74, 6) is 2.08. The maximum atomic E-state index is 2.84. The van der Waals surface area contributed by atoms with E-state index in [2.05, 4.69) is 11.8 Å². The van der Waals surface area contributed by atoms with Crippen LogP contribution >= 0.6 is 0 Å². The van der Waals surface area contributed by atoms with Crippen LogP contribution in [-0.2, 0) is 0 Å². The molecule has 2 aliphatic heterocycles. The first kappa shape index (κ1) is 7.37. The molecule has 1 heteroatoms. The minimum absolute atomic E-state index is 0.983. The second-order valence-corrected chi connectivity index (χ2v) is 5.19. The van der Waals surface area contributed by atoms with Gasteiger partial charge in [0.1, 0.15) is 0 Å². The van der Waals surface area contributed by atoms with Crippen LogP contribution in [0.1, 0.15) is 39.0 Å². The van der Waals surface area contributed by atoms with Crippen molar-refractivity contribution in [2.45, 2.75) is 51.1 Å². The van der Waals surface area contributed by atoms with E-state index in [0.29, 0.717) is 0 Å². The lowest BCUT2D eigenvalue weighted by Gasteiger charge is -2.22. The van der Waals surface area contributed by atoms with E-state index in [0.717, 1.165) is 23.9 Å². The van der Waals surface area contributed by atoms with Crippen LogP contribution in [0.3, 0.4) is 0 Å². The molecule has 0 aromatic carbocycles. The number of hydrogen-bond donors (Lipinski definition) is 0. The van der Waals surface area contributed by atoms with Crippen molar-refractivity contribution in [2.24, 2.45) is 11.8 Å². The number of fused-ring (bicyclic) bond motifs is 3. The van der Waals surface area contributed by atoms with E-state index in [-0.39, 0.29) is 0 Å². The lowest BCUT2D eigenvalue weighted by Crippen LogP contribution is -2.31. The van der Waals surface area contributed by atoms with Crippen LogP contribution in [0.5, 0.6) is 0 Å². The van der Waals surface area contributed by atoms with Gasteiger partial charge in [-0.1, -0.05) is 13.3 Å². The first-order valence-corrected chi connectivity index (χ1v) is 5.60. The number of hydrogen-bond acceptors (Lipinski definition) is 1. The van der Waals surface area contributed by atoms with Crippen molar-refractivity contribution < 1.29 is 0 Å². The van der Waals surface area contributed by atoms with Crippen molar-refractivity contribution >= 4 is 0 Å². The second kappa shape index (κ2) is 2.47. The molecule has 0 aromatic heterocycles. The third-order valence-corrected chi connectivity index (χ3v) is 4.29. The summed E-state index contributed by atoms with van der Waals surface area (Å²) in [4.78, 5) is 2.84. The molecule has 0 aromatic rings. The fourth-order valence-electron chi connectivity index (χ4n) is 3.90. The summed E-state index contributed by atoms with van der Waals surface area (Å²) in [6.07, 6.45) is 7.58. The van der Waals surface area contributed by atoms with Gasteiger partial charge < -0.3 is 0 Å². The largest absolute Gasteiger partial charge is 0.297 e. The number of nitrogens with zero attached hydrogens (tertiary/aromatic N) is 1. The van der Waals surface area contributed by atoms with Crippen LogP contribution in [-0.4, -0.2) is 23.5 Å². The summed E-state index contributed by atoms with van der Waals surface area (Å²) < 4.78 is 0. The Morgan fingerprint density at radius 1 is 1.17 bits per heavy atom. The van der Waals surface area contributed by atoms with Gasteiger partial charge in [0.2, 0.25) is 0 Å². The summed E-state index contributed by atoms with van der Waals surface area (Å²) in [5, 5.41) is 0. The minimum Gasteiger partial charge on any atom is -0.297 e. The Labute approximate surface area is 75.1 Å². The average molecular weight is 165 g/mol. The molecule has 2 saturated heterocycles. The topological polar surface area (TPSA) is 3.24 Å². The molecule has 0 spiro atoms. The van der Waals surface area contributed by atoms with Crippen LogP contribution in [0.15, 0.2) is 0 Å². The average Bonchev–Trinajstić information content (AvgIpc) is 2.59. The third kappa shape index (κ3) is 0.891. The van der Waals surface area contributed by atoms with Gasteiger partial charge in [0.05, 0.1) is 0 Å². The Bertz CT molecular complexity index is 189. The second-order valence-electron chi connectivity index (χ2n) is 5.19. The Kier molecular flexibility index (Phi) is 1.52. The van der Waals surface area contributed by atoms with Gasteiger partial charge in [-0.25, -0.2) is 0 Å². The van der Waals surface area contributed by atoms with E-state index >= 15 is 0 Å². The molecule has 3 aliphatic rings. The Hall–Kier alpha value is -0.0400. The molecule has 3 fully saturated rings. The molecule has 1 nitrogen and oxygen atoms in total. The smallest absolute Gasteiger partial charge is 0.0127 e. The SMILES string of the molecule is C[C@@H]1C[C@@H]2C[C@H]3CCC[C@@H]3N2C1. The summed E-state index contributed by atoms with van der Waals surface area (Å²) in [5.41, 5.74) is 0. The molecule has 0 amide bonds. The fraction of sp³-hybridized carbons (Fsp3) is 1.00. The normalized spacial score (nSPS) is 52.8. The van der Waals surface area contributed by atoms with Crippen molar-refractivity contribution in [1.82, 2.24) is 4.90 Å².